The number of hydrogen-bond acceptors (Lipinski definition) is 3. The van der Waals surface area contributed by atoms with E-state index < -0.39 is 10.0 Å². The summed E-state index contributed by atoms with van der Waals surface area (Å²) in [7, 11) is -3.66. The molecular weight excluding hydrogens is 260 g/mol. The Morgan fingerprint density at radius 1 is 1.21 bits per heavy atom. The normalized spacial score (nSPS) is 13.6. The van der Waals surface area contributed by atoms with Gasteiger partial charge in [0.25, 0.3) is 0 Å². The van der Waals surface area contributed by atoms with E-state index in [9.17, 15) is 8.42 Å². The van der Waals surface area contributed by atoms with Gasteiger partial charge in [-0.05, 0) is 56.4 Å². The fourth-order valence-electron chi connectivity index (χ4n) is 2.17. The fourth-order valence-corrected chi connectivity index (χ4v) is 2.80. The van der Waals surface area contributed by atoms with Gasteiger partial charge >= 0.3 is 0 Å². The molecule has 0 aromatic heterocycles. The number of hydrogen-bond donors (Lipinski definition) is 2. The average Bonchev–Trinajstić information content (AvgIpc) is 2.21. The van der Waals surface area contributed by atoms with E-state index in [4.69, 9.17) is 5.14 Å². The van der Waals surface area contributed by atoms with Crippen LogP contribution in [-0.4, -0.2) is 14.5 Å². The second-order valence-electron chi connectivity index (χ2n) is 5.63. The average molecular weight is 284 g/mol. The Kier molecular flexibility index (Phi) is 4.98. The van der Waals surface area contributed by atoms with Crippen molar-refractivity contribution in [2.75, 3.05) is 5.32 Å². The minimum Gasteiger partial charge on any atom is -0.382 e. The summed E-state index contributed by atoms with van der Waals surface area (Å²) < 4.78 is 22.9. The first-order valence-corrected chi connectivity index (χ1v) is 8.06. The zero-order chi connectivity index (χ0) is 14.8. The molecule has 0 bridgehead atoms. The van der Waals surface area contributed by atoms with Crippen LogP contribution in [0, 0.1) is 19.8 Å². The third-order valence-electron chi connectivity index (χ3n) is 3.20. The molecule has 0 aliphatic heterocycles. The van der Waals surface area contributed by atoms with Crippen LogP contribution in [0.25, 0.3) is 0 Å². The van der Waals surface area contributed by atoms with E-state index in [0.29, 0.717) is 5.92 Å². The lowest BCUT2D eigenvalue weighted by Crippen LogP contribution is -2.19. The quantitative estimate of drug-likeness (QED) is 0.873. The molecule has 0 saturated carbocycles. The predicted molar refractivity (Wildman–Crippen MR) is 79.8 cm³/mol. The molecule has 1 aromatic rings. The summed E-state index contributed by atoms with van der Waals surface area (Å²) in [5, 5.41) is 8.58. The van der Waals surface area contributed by atoms with Crippen molar-refractivity contribution in [3.8, 4) is 0 Å². The minimum atomic E-state index is -3.66. The SMILES string of the molecule is Cc1cc(S(N)(=O)=O)cc(NC(C)CC(C)C)c1C. The van der Waals surface area contributed by atoms with Crippen molar-refractivity contribution in [3.05, 3.63) is 23.3 Å². The molecular formula is C14H24N2O2S. The van der Waals surface area contributed by atoms with Gasteiger partial charge in [-0.25, -0.2) is 13.6 Å². The second-order valence-corrected chi connectivity index (χ2v) is 7.19. The maximum atomic E-state index is 11.5. The lowest BCUT2D eigenvalue weighted by molar-refractivity contribution is 0.539. The maximum Gasteiger partial charge on any atom is 0.238 e. The van der Waals surface area contributed by atoms with Crippen LogP contribution in [0.5, 0.6) is 0 Å². The Morgan fingerprint density at radius 3 is 2.26 bits per heavy atom. The molecule has 1 rings (SSSR count). The van der Waals surface area contributed by atoms with Crippen LogP contribution >= 0.6 is 0 Å². The first kappa shape index (κ1) is 16.0. The molecule has 3 N–H and O–H groups in total. The first-order chi connectivity index (χ1) is 8.61. The minimum absolute atomic E-state index is 0.162. The Morgan fingerprint density at radius 2 is 1.79 bits per heavy atom. The Bertz CT molecular complexity index is 551. The Balaban J connectivity index is 3.10. The lowest BCUT2D eigenvalue weighted by Gasteiger charge is -2.20. The van der Waals surface area contributed by atoms with Gasteiger partial charge < -0.3 is 5.32 Å². The molecule has 0 aliphatic carbocycles. The van der Waals surface area contributed by atoms with Crippen molar-refractivity contribution in [1.29, 1.82) is 0 Å². The molecule has 0 saturated heterocycles. The van der Waals surface area contributed by atoms with Crippen LogP contribution in [0.1, 0.15) is 38.3 Å². The largest absolute Gasteiger partial charge is 0.382 e. The van der Waals surface area contributed by atoms with Crippen molar-refractivity contribution in [3.63, 3.8) is 0 Å². The summed E-state index contributed by atoms with van der Waals surface area (Å²) in [5.74, 6) is 0.588. The Labute approximate surface area is 116 Å². The highest BCUT2D eigenvalue weighted by Gasteiger charge is 2.14. The summed E-state index contributed by atoms with van der Waals surface area (Å²) in [6, 6.07) is 3.52. The number of aryl methyl sites for hydroxylation is 1. The summed E-state index contributed by atoms with van der Waals surface area (Å²) >= 11 is 0. The van der Waals surface area contributed by atoms with Gasteiger partial charge in [0.05, 0.1) is 4.90 Å². The fraction of sp³-hybridized carbons (Fsp3) is 0.571. The maximum absolute atomic E-state index is 11.5. The molecule has 0 heterocycles. The van der Waals surface area contributed by atoms with E-state index in [1.165, 1.54) is 0 Å². The smallest absolute Gasteiger partial charge is 0.238 e. The zero-order valence-electron chi connectivity index (χ0n) is 12.3. The molecule has 0 radical (unpaired) electrons. The third kappa shape index (κ3) is 4.51. The summed E-state index contributed by atoms with van der Waals surface area (Å²) in [6.45, 7) is 10.3. The highest BCUT2D eigenvalue weighted by atomic mass is 32.2. The molecule has 19 heavy (non-hydrogen) atoms. The molecule has 0 spiro atoms. The number of nitrogens with two attached hydrogens (primary N) is 1. The molecule has 0 aliphatic rings. The van der Waals surface area contributed by atoms with E-state index in [2.05, 4.69) is 26.1 Å². The van der Waals surface area contributed by atoms with Crippen LogP contribution in [0.4, 0.5) is 5.69 Å². The van der Waals surface area contributed by atoms with Crippen molar-refractivity contribution in [2.24, 2.45) is 11.1 Å². The molecule has 108 valence electrons. The second kappa shape index (κ2) is 5.92. The molecule has 4 nitrogen and oxygen atoms in total. The number of sulfonamides is 1. The molecule has 1 atom stereocenters. The van der Waals surface area contributed by atoms with E-state index in [-0.39, 0.29) is 10.9 Å². The van der Waals surface area contributed by atoms with Gasteiger partial charge in [-0.1, -0.05) is 13.8 Å². The molecule has 1 unspecified atom stereocenters. The molecule has 0 fully saturated rings. The van der Waals surface area contributed by atoms with Gasteiger partial charge in [0.1, 0.15) is 0 Å². The van der Waals surface area contributed by atoms with Gasteiger partial charge in [-0.3, -0.25) is 0 Å². The number of nitrogens with one attached hydrogen (secondary N) is 1. The topological polar surface area (TPSA) is 72.2 Å². The van der Waals surface area contributed by atoms with Gasteiger partial charge in [-0.15, -0.1) is 0 Å². The van der Waals surface area contributed by atoms with E-state index in [1.54, 1.807) is 12.1 Å². The molecule has 5 heteroatoms. The number of rotatable bonds is 5. The van der Waals surface area contributed by atoms with Crippen molar-refractivity contribution < 1.29 is 8.42 Å². The third-order valence-corrected chi connectivity index (χ3v) is 4.09. The number of benzene rings is 1. The number of anilines is 1. The van der Waals surface area contributed by atoms with Crippen molar-refractivity contribution >= 4 is 15.7 Å². The van der Waals surface area contributed by atoms with Crippen molar-refractivity contribution in [1.82, 2.24) is 0 Å². The zero-order valence-corrected chi connectivity index (χ0v) is 13.1. The molecule has 0 amide bonds. The van der Waals surface area contributed by atoms with E-state index in [1.807, 2.05) is 13.8 Å². The summed E-state index contributed by atoms with van der Waals surface area (Å²) in [5.41, 5.74) is 2.82. The van der Waals surface area contributed by atoms with Crippen LogP contribution in [0.15, 0.2) is 17.0 Å². The Hall–Kier alpha value is -1.07. The van der Waals surface area contributed by atoms with E-state index in [0.717, 1.165) is 23.2 Å². The summed E-state index contributed by atoms with van der Waals surface area (Å²) in [6.07, 6.45) is 1.03. The van der Waals surface area contributed by atoms with Crippen LogP contribution in [0.2, 0.25) is 0 Å². The van der Waals surface area contributed by atoms with Gasteiger partial charge in [0, 0.05) is 11.7 Å². The summed E-state index contributed by atoms with van der Waals surface area (Å²) in [4.78, 5) is 0.162. The highest BCUT2D eigenvalue weighted by molar-refractivity contribution is 7.89. The monoisotopic (exact) mass is 284 g/mol. The van der Waals surface area contributed by atoms with Crippen LogP contribution < -0.4 is 10.5 Å². The van der Waals surface area contributed by atoms with E-state index >= 15 is 0 Å². The van der Waals surface area contributed by atoms with Crippen molar-refractivity contribution in [2.45, 2.75) is 52.0 Å². The van der Waals surface area contributed by atoms with Crippen LogP contribution in [-0.2, 0) is 10.0 Å². The first-order valence-electron chi connectivity index (χ1n) is 6.52. The predicted octanol–water partition coefficient (Wildman–Crippen LogP) is 2.80. The lowest BCUT2D eigenvalue weighted by atomic mass is 10.0. The van der Waals surface area contributed by atoms with Gasteiger partial charge in [-0.2, -0.15) is 0 Å². The van der Waals surface area contributed by atoms with Gasteiger partial charge in [0.15, 0.2) is 0 Å². The van der Waals surface area contributed by atoms with Crippen LogP contribution in [0.3, 0.4) is 0 Å². The highest BCUT2D eigenvalue weighted by Crippen LogP contribution is 2.25. The molecule has 1 aromatic carbocycles. The standard InChI is InChI=1S/C14H24N2O2S/c1-9(2)6-11(4)16-14-8-13(19(15,17)18)7-10(3)12(14)5/h7-9,11,16H,6H2,1-5H3,(H2,15,17,18). The van der Waals surface area contributed by atoms with Gasteiger partial charge in [0.2, 0.25) is 10.0 Å². The number of primary sulfonamides is 1.